The summed E-state index contributed by atoms with van der Waals surface area (Å²) < 4.78 is 10.4. The molecule has 0 unspecified atom stereocenters. The Labute approximate surface area is 194 Å². The van der Waals surface area contributed by atoms with Crippen molar-refractivity contribution in [3.05, 3.63) is 59.7 Å². The van der Waals surface area contributed by atoms with Gasteiger partial charge in [0.25, 0.3) is 0 Å². The third-order valence-corrected chi connectivity index (χ3v) is 5.73. The molecule has 0 aliphatic heterocycles. The van der Waals surface area contributed by atoms with Gasteiger partial charge in [0.05, 0.1) is 12.5 Å². The van der Waals surface area contributed by atoms with Gasteiger partial charge in [-0.25, -0.2) is 4.79 Å². The van der Waals surface area contributed by atoms with Gasteiger partial charge in [-0.05, 0) is 62.8 Å². The predicted molar refractivity (Wildman–Crippen MR) is 126 cm³/mol. The zero-order valence-corrected chi connectivity index (χ0v) is 19.9. The van der Waals surface area contributed by atoms with Gasteiger partial charge in [0, 0.05) is 6.54 Å². The van der Waals surface area contributed by atoms with E-state index in [1.807, 2.05) is 48.5 Å². The quantitative estimate of drug-likeness (QED) is 0.676. The topological polar surface area (TPSA) is 93.7 Å². The molecule has 2 N–H and O–H groups in total. The number of esters is 1. The fourth-order valence-electron chi connectivity index (χ4n) is 4.18. The second-order valence-corrected chi connectivity index (χ2v) is 9.53. The zero-order chi connectivity index (χ0) is 24.2. The standard InChI is InChI=1S/C26H32N2O5/c1-17(28-24(31)33-25(2,3)4)22(29)27-16-26(23(30)32-5)14-18-10-6-8-12-20(18)21-13-9-7-11-19(21)15-26/h6-13,17H,14-16H2,1-5H3,(H,27,29)(H,28,31)/t17-/m0/s1. The molecule has 0 radical (unpaired) electrons. The molecule has 176 valence electrons. The van der Waals surface area contributed by atoms with Crippen molar-refractivity contribution >= 4 is 18.0 Å². The van der Waals surface area contributed by atoms with Crippen molar-refractivity contribution in [2.45, 2.75) is 52.2 Å². The first-order chi connectivity index (χ1) is 15.5. The van der Waals surface area contributed by atoms with Crippen LogP contribution >= 0.6 is 0 Å². The highest BCUT2D eigenvalue weighted by Crippen LogP contribution is 2.40. The molecule has 7 nitrogen and oxygen atoms in total. The number of carbonyl (C=O) groups excluding carboxylic acids is 3. The lowest BCUT2D eigenvalue weighted by atomic mass is 9.77. The maximum atomic E-state index is 13.1. The summed E-state index contributed by atoms with van der Waals surface area (Å²) in [6.45, 7) is 6.89. The summed E-state index contributed by atoms with van der Waals surface area (Å²) in [6.07, 6.45) is 0.155. The van der Waals surface area contributed by atoms with Crippen LogP contribution in [0.1, 0.15) is 38.8 Å². The number of hydrogen-bond acceptors (Lipinski definition) is 5. The molecule has 0 saturated heterocycles. The van der Waals surface area contributed by atoms with Crippen molar-refractivity contribution < 1.29 is 23.9 Å². The van der Waals surface area contributed by atoms with Crippen LogP contribution in [0, 0.1) is 5.41 Å². The number of hydrogen-bond donors (Lipinski definition) is 2. The molecule has 0 spiro atoms. The van der Waals surface area contributed by atoms with Gasteiger partial charge in [0.15, 0.2) is 0 Å². The van der Waals surface area contributed by atoms with E-state index in [1.165, 1.54) is 7.11 Å². The smallest absolute Gasteiger partial charge is 0.408 e. The van der Waals surface area contributed by atoms with Gasteiger partial charge in [0.1, 0.15) is 11.6 Å². The van der Waals surface area contributed by atoms with Gasteiger partial charge in [0.2, 0.25) is 5.91 Å². The van der Waals surface area contributed by atoms with Crippen LogP contribution in [0.4, 0.5) is 4.79 Å². The van der Waals surface area contributed by atoms with E-state index >= 15 is 0 Å². The Kier molecular flexibility index (Phi) is 7.10. The molecule has 2 aromatic carbocycles. The highest BCUT2D eigenvalue weighted by molar-refractivity contribution is 5.87. The summed E-state index contributed by atoms with van der Waals surface area (Å²) >= 11 is 0. The first-order valence-electron chi connectivity index (χ1n) is 11.1. The first kappa shape index (κ1) is 24.3. The Balaban J connectivity index is 1.84. The Bertz CT molecular complexity index is 993. The number of nitrogens with one attached hydrogen (secondary N) is 2. The van der Waals surface area contributed by atoms with Crippen LogP contribution in [-0.2, 0) is 31.9 Å². The fraction of sp³-hybridized carbons (Fsp3) is 0.423. The van der Waals surface area contributed by atoms with E-state index < -0.39 is 29.1 Å². The minimum atomic E-state index is -0.987. The van der Waals surface area contributed by atoms with Gasteiger partial charge in [-0.1, -0.05) is 48.5 Å². The average Bonchev–Trinajstić information content (AvgIpc) is 2.90. The van der Waals surface area contributed by atoms with Gasteiger partial charge in [-0.3, -0.25) is 9.59 Å². The number of ether oxygens (including phenoxy) is 2. The van der Waals surface area contributed by atoms with Gasteiger partial charge in [-0.15, -0.1) is 0 Å². The van der Waals surface area contributed by atoms with Crippen LogP contribution in [0.5, 0.6) is 0 Å². The molecule has 33 heavy (non-hydrogen) atoms. The van der Waals surface area contributed by atoms with Crippen molar-refractivity contribution in [1.29, 1.82) is 0 Å². The minimum absolute atomic E-state index is 0.0709. The van der Waals surface area contributed by atoms with Crippen LogP contribution in [0.2, 0.25) is 0 Å². The van der Waals surface area contributed by atoms with Gasteiger partial charge < -0.3 is 20.1 Å². The fourth-order valence-corrected chi connectivity index (χ4v) is 4.18. The van der Waals surface area contributed by atoms with Crippen molar-refractivity contribution in [3.63, 3.8) is 0 Å². The van der Waals surface area contributed by atoms with Crippen LogP contribution in [-0.4, -0.2) is 43.3 Å². The number of carbonyl (C=O) groups is 3. The number of methoxy groups -OCH3 is 1. The molecule has 0 fully saturated rings. The van der Waals surface area contributed by atoms with Crippen molar-refractivity contribution in [1.82, 2.24) is 10.6 Å². The normalized spacial score (nSPS) is 15.2. The zero-order valence-electron chi connectivity index (χ0n) is 19.9. The lowest BCUT2D eigenvalue weighted by Crippen LogP contribution is -2.51. The van der Waals surface area contributed by atoms with Crippen LogP contribution in [0.15, 0.2) is 48.5 Å². The molecule has 2 amide bonds. The van der Waals surface area contributed by atoms with E-state index in [1.54, 1.807) is 27.7 Å². The molecule has 0 heterocycles. The largest absolute Gasteiger partial charge is 0.469 e. The van der Waals surface area contributed by atoms with Gasteiger partial charge >= 0.3 is 12.1 Å². The monoisotopic (exact) mass is 452 g/mol. The van der Waals surface area contributed by atoms with E-state index in [-0.39, 0.29) is 12.5 Å². The SMILES string of the molecule is COC(=O)C1(CNC(=O)[C@H](C)NC(=O)OC(C)(C)C)Cc2ccccc2-c2ccccc2C1. The molecule has 7 heteroatoms. The summed E-state index contributed by atoms with van der Waals surface area (Å²) in [5.74, 6) is -0.794. The minimum Gasteiger partial charge on any atom is -0.469 e. The number of fused-ring (bicyclic) bond motifs is 3. The highest BCUT2D eigenvalue weighted by Gasteiger charge is 2.43. The summed E-state index contributed by atoms with van der Waals surface area (Å²) in [4.78, 5) is 37.9. The lowest BCUT2D eigenvalue weighted by Gasteiger charge is -2.31. The molecular weight excluding hydrogens is 420 g/mol. The summed E-state index contributed by atoms with van der Waals surface area (Å²) in [5.41, 5.74) is 2.52. The average molecular weight is 453 g/mol. The molecule has 3 rings (SSSR count). The van der Waals surface area contributed by atoms with Crippen LogP contribution in [0.3, 0.4) is 0 Å². The number of amides is 2. The summed E-state index contributed by atoms with van der Waals surface area (Å²) in [5, 5.41) is 5.39. The van der Waals surface area contributed by atoms with Crippen LogP contribution in [0.25, 0.3) is 11.1 Å². The molecule has 0 aromatic heterocycles. The van der Waals surface area contributed by atoms with Gasteiger partial charge in [-0.2, -0.15) is 0 Å². The second kappa shape index (κ2) is 9.65. The van der Waals surface area contributed by atoms with Crippen molar-refractivity contribution in [2.75, 3.05) is 13.7 Å². The third kappa shape index (κ3) is 5.72. The Morgan fingerprint density at radius 3 is 1.97 bits per heavy atom. The van der Waals surface area contributed by atoms with Crippen molar-refractivity contribution in [2.24, 2.45) is 5.41 Å². The second-order valence-electron chi connectivity index (χ2n) is 9.53. The molecule has 0 bridgehead atoms. The summed E-state index contributed by atoms with van der Waals surface area (Å²) in [6, 6.07) is 15.1. The van der Waals surface area contributed by atoms with E-state index in [9.17, 15) is 14.4 Å². The third-order valence-electron chi connectivity index (χ3n) is 5.73. The molecular formula is C26H32N2O5. The molecule has 1 aliphatic carbocycles. The maximum Gasteiger partial charge on any atom is 0.408 e. The summed E-state index contributed by atoms with van der Waals surface area (Å²) in [7, 11) is 1.36. The van der Waals surface area contributed by atoms with Crippen LogP contribution < -0.4 is 10.6 Å². The highest BCUT2D eigenvalue weighted by atomic mass is 16.6. The molecule has 2 aromatic rings. The Morgan fingerprint density at radius 1 is 0.970 bits per heavy atom. The Hall–Kier alpha value is -3.35. The Morgan fingerprint density at radius 2 is 1.48 bits per heavy atom. The molecule has 1 atom stereocenters. The molecule has 1 aliphatic rings. The molecule has 0 saturated carbocycles. The number of benzene rings is 2. The van der Waals surface area contributed by atoms with E-state index in [0.717, 1.165) is 22.3 Å². The van der Waals surface area contributed by atoms with Crippen molar-refractivity contribution in [3.8, 4) is 11.1 Å². The van der Waals surface area contributed by atoms with E-state index in [4.69, 9.17) is 9.47 Å². The number of rotatable bonds is 5. The lowest BCUT2D eigenvalue weighted by molar-refractivity contribution is -0.152. The van der Waals surface area contributed by atoms with E-state index in [2.05, 4.69) is 10.6 Å². The van der Waals surface area contributed by atoms with E-state index in [0.29, 0.717) is 12.8 Å². The first-order valence-corrected chi connectivity index (χ1v) is 11.1. The maximum absolute atomic E-state index is 13.1. The predicted octanol–water partition coefficient (Wildman–Crippen LogP) is 3.64. The number of alkyl carbamates (subject to hydrolysis) is 1.